The summed E-state index contributed by atoms with van der Waals surface area (Å²) in [6.45, 7) is 2.21. The van der Waals surface area contributed by atoms with E-state index in [0.29, 0.717) is 11.6 Å². The first-order valence-corrected chi connectivity index (χ1v) is 11.3. The SMILES string of the molecule is C1=CC([B-](c2ccccc2)(C2C=Cc3ccccc32)[O+]2CCCC2)c2ccccc21. The second-order valence-corrected chi connectivity index (χ2v) is 9.01. The van der Waals surface area contributed by atoms with Gasteiger partial charge in [-0.15, -0.1) is 17.6 Å². The summed E-state index contributed by atoms with van der Waals surface area (Å²) in [6, 6.07) is 29.3. The van der Waals surface area contributed by atoms with Crippen LogP contribution in [0.4, 0.5) is 0 Å². The second kappa shape index (κ2) is 7.14. The van der Waals surface area contributed by atoms with E-state index < -0.39 is 6.35 Å². The van der Waals surface area contributed by atoms with Crippen LogP contribution in [0.25, 0.3) is 12.2 Å². The number of rotatable bonds is 4. The average Bonchev–Trinajstić information content (AvgIpc) is 3.57. The van der Waals surface area contributed by atoms with Crippen molar-refractivity contribution in [1.82, 2.24) is 0 Å². The molecule has 0 bridgehead atoms. The summed E-state index contributed by atoms with van der Waals surface area (Å²) < 4.78 is 3.92. The maximum atomic E-state index is 3.92. The van der Waals surface area contributed by atoms with Gasteiger partial charge < -0.3 is 4.28 Å². The van der Waals surface area contributed by atoms with Crippen molar-refractivity contribution in [3.63, 3.8) is 0 Å². The fourth-order valence-electron chi connectivity index (χ4n) is 6.48. The van der Waals surface area contributed by atoms with Crippen LogP contribution in [0.5, 0.6) is 0 Å². The fourth-order valence-corrected chi connectivity index (χ4v) is 6.48. The Hall–Kier alpha value is -2.84. The molecule has 3 aliphatic rings. The molecule has 2 aliphatic carbocycles. The second-order valence-electron chi connectivity index (χ2n) is 9.01. The van der Waals surface area contributed by atoms with Crippen molar-refractivity contribution in [2.75, 3.05) is 13.2 Å². The molecule has 0 radical (unpaired) electrons. The largest absolute Gasteiger partial charge is 0.666 e. The molecule has 1 saturated heterocycles. The van der Waals surface area contributed by atoms with Gasteiger partial charge in [-0.3, -0.25) is 0 Å². The highest BCUT2D eigenvalue weighted by Gasteiger charge is 2.56. The highest BCUT2D eigenvalue weighted by atomic mass is 16.7. The summed E-state index contributed by atoms with van der Waals surface area (Å²) in [4.78, 5) is 0. The summed E-state index contributed by atoms with van der Waals surface area (Å²) >= 11 is 0. The Morgan fingerprint density at radius 2 is 1.10 bits per heavy atom. The predicted octanol–water partition coefficient (Wildman–Crippen LogP) is 5.88. The van der Waals surface area contributed by atoms with E-state index in [-0.39, 0.29) is 0 Å². The molecular formula is C28H27BO. The van der Waals surface area contributed by atoms with E-state index >= 15 is 0 Å². The molecule has 1 fully saturated rings. The van der Waals surface area contributed by atoms with Crippen molar-refractivity contribution in [3.8, 4) is 0 Å². The van der Waals surface area contributed by atoms with Crippen molar-refractivity contribution < 1.29 is 4.28 Å². The fraction of sp³-hybridized carbons (Fsp3) is 0.214. The third kappa shape index (κ3) is 2.53. The molecule has 2 atom stereocenters. The molecule has 0 spiro atoms. The molecule has 0 amide bonds. The molecule has 0 N–H and O–H groups in total. The molecule has 1 heterocycles. The Labute approximate surface area is 179 Å². The molecule has 30 heavy (non-hydrogen) atoms. The summed E-state index contributed by atoms with van der Waals surface area (Å²) in [6.07, 6.45) is 11.0. The first-order valence-electron chi connectivity index (χ1n) is 11.3. The monoisotopic (exact) mass is 390 g/mol. The van der Waals surface area contributed by atoms with Gasteiger partial charge in [0, 0.05) is 12.8 Å². The van der Waals surface area contributed by atoms with Gasteiger partial charge >= 0.3 is 6.35 Å². The van der Waals surface area contributed by atoms with Crippen molar-refractivity contribution in [3.05, 3.63) is 113 Å². The number of hydrogen-bond donors (Lipinski definition) is 0. The molecular weight excluding hydrogens is 363 g/mol. The molecule has 0 aromatic heterocycles. The molecule has 3 aromatic rings. The van der Waals surface area contributed by atoms with E-state index in [1.54, 1.807) is 0 Å². The van der Waals surface area contributed by atoms with Crippen LogP contribution in [-0.4, -0.2) is 19.6 Å². The standard InChI is InChI=1S/C28H27BO/c1-2-12-24(13-3-1)29(30-20-8-9-21-30,27-18-16-22-10-4-6-14-25(22)27)28-19-17-23-11-5-7-15-26(23)28/h1-7,10-19,27-28H,8-9,20-21H2. The third-order valence-corrected chi connectivity index (χ3v) is 7.68. The van der Waals surface area contributed by atoms with Gasteiger partial charge in [0.1, 0.15) is 0 Å². The van der Waals surface area contributed by atoms with Crippen LogP contribution in [-0.2, 0) is 4.28 Å². The molecule has 3 aromatic carbocycles. The van der Waals surface area contributed by atoms with E-state index in [4.69, 9.17) is 0 Å². The minimum Gasteiger partial charge on any atom is -0.666 e. The van der Waals surface area contributed by atoms with Crippen LogP contribution >= 0.6 is 0 Å². The molecule has 6 rings (SSSR count). The van der Waals surface area contributed by atoms with Gasteiger partial charge in [0.2, 0.25) is 0 Å². The number of fused-ring (bicyclic) bond motifs is 2. The summed E-state index contributed by atoms with van der Waals surface area (Å²) in [5.74, 6) is 0.708. The predicted molar refractivity (Wildman–Crippen MR) is 128 cm³/mol. The Kier molecular flexibility index (Phi) is 4.28. The smallest absolute Gasteiger partial charge is 0.342 e. The summed E-state index contributed by atoms with van der Waals surface area (Å²) in [5.41, 5.74) is 7.15. The van der Waals surface area contributed by atoms with Crippen LogP contribution in [0.15, 0.2) is 91.0 Å². The zero-order valence-electron chi connectivity index (χ0n) is 17.3. The van der Waals surface area contributed by atoms with E-state index in [1.165, 1.54) is 40.6 Å². The van der Waals surface area contributed by atoms with Crippen molar-refractivity contribution in [2.45, 2.75) is 24.5 Å². The van der Waals surface area contributed by atoms with E-state index in [2.05, 4.69) is 107 Å². The first-order chi connectivity index (χ1) is 14.9. The van der Waals surface area contributed by atoms with Gasteiger partial charge in [0.15, 0.2) is 0 Å². The van der Waals surface area contributed by atoms with Crippen molar-refractivity contribution in [1.29, 1.82) is 0 Å². The lowest BCUT2D eigenvalue weighted by molar-refractivity contribution is 0.0355. The van der Waals surface area contributed by atoms with Crippen molar-refractivity contribution >= 4 is 24.0 Å². The average molecular weight is 390 g/mol. The lowest BCUT2D eigenvalue weighted by atomic mass is 9.21. The molecule has 2 unspecified atom stereocenters. The van der Waals surface area contributed by atoms with Crippen molar-refractivity contribution in [2.24, 2.45) is 0 Å². The Balaban J connectivity index is 1.64. The summed E-state index contributed by atoms with van der Waals surface area (Å²) in [5, 5.41) is 0. The molecule has 148 valence electrons. The molecule has 2 heteroatoms. The van der Waals surface area contributed by atoms with Gasteiger partial charge in [-0.25, -0.2) is 0 Å². The van der Waals surface area contributed by atoms with Crippen LogP contribution < -0.4 is 5.46 Å². The molecule has 1 aliphatic heterocycles. The van der Waals surface area contributed by atoms with Gasteiger partial charge in [-0.05, 0) is 22.8 Å². The number of hydrogen-bond acceptors (Lipinski definition) is 0. The molecule has 0 saturated carbocycles. The quantitative estimate of drug-likeness (QED) is 0.386. The van der Waals surface area contributed by atoms with Crippen LogP contribution in [0.2, 0.25) is 0 Å². The van der Waals surface area contributed by atoms with Crippen LogP contribution in [0, 0.1) is 0 Å². The van der Waals surface area contributed by atoms with E-state index in [1.807, 2.05) is 0 Å². The zero-order valence-corrected chi connectivity index (χ0v) is 17.3. The van der Waals surface area contributed by atoms with Crippen LogP contribution in [0.3, 0.4) is 0 Å². The maximum absolute atomic E-state index is 3.92. The zero-order chi connectivity index (χ0) is 20.0. The minimum absolute atomic E-state index is 0.354. The lowest BCUT2D eigenvalue weighted by Gasteiger charge is -2.52. The first kappa shape index (κ1) is 18.0. The van der Waals surface area contributed by atoms with E-state index in [0.717, 1.165) is 13.2 Å². The van der Waals surface area contributed by atoms with E-state index in [9.17, 15) is 0 Å². The van der Waals surface area contributed by atoms with Crippen LogP contribution in [0.1, 0.15) is 46.7 Å². The normalized spacial score (nSPS) is 24.0. The van der Waals surface area contributed by atoms with Gasteiger partial charge in [0.25, 0.3) is 0 Å². The Bertz CT molecular complexity index is 1060. The van der Waals surface area contributed by atoms with Gasteiger partial charge in [0.05, 0.1) is 13.2 Å². The number of allylic oxidation sites excluding steroid dienone is 2. The minimum atomic E-state index is -1.15. The van der Waals surface area contributed by atoms with Gasteiger partial charge in [-0.2, -0.15) is 0 Å². The highest BCUT2D eigenvalue weighted by molar-refractivity contribution is 6.90. The number of benzene rings is 3. The maximum Gasteiger partial charge on any atom is 0.342 e. The Morgan fingerprint density at radius 1 is 0.600 bits per heavy atom. The third-order valence-electron chi connectivity index (χ3n) is 7.68. The topological polar surface area (TPSA) is 2.70 Å². The van der Waals surface area contributed by atoms with Gasteiger partial charge in [-0.1, -0.05) is 102 Å². The summed E-state index contributed by atoms with van der Waals surface area (Å²) in [7, 11) is 0. The Morgan fingerprint density at radius 3 is 1.67 bits per heavy atom. The molecule has 1 nitrogen and oxygen atoms in total. The lowest BCUT2D eigenvalue weighted by Crippen LogP contribution is -2.64. The highest BCUT2D eigenvalue weighted by Crippen LogP contribution is 2.50.